The second-order valence-electron chi connectivity index (χ2n) is 8.50. The summed E-state index contributed by atoms with van der Waals surface area (Å²) in [7, 11) is 3.30. The molecule has 2 rings (SSSR count). The Bertz CT molecular complexity index is 886. The van der Waals surface area contributed by atoms with Crippen LogP contribution in [0.25, 0.3) is 0 Å². The zero-order valence-corrected chi connectivity index (χ0v) is 19.9. The molecular formula is C26H34N2O5. The normalized spacial score (nSPS) is 11.5. The van der Waals surface area contributed by atoms with Crippen molar-refractivity contribution in [3.8, 4) is 0 Å². The van der Waals surface area contributed by atoms with Crippen molar-refractivity contribution in [3.05, 3.63) is 71.8 Å². The molecule has 0 radical (unpaired) electrons. The zero-order valence-electron chi connectivity index (χ0n) is 19.9. The minimum atomic E-state index is -1.09. The van der Waals surface area contributed by atoms with Gasteiger partial charge >= 0.3 is 12.1 Å². The van der Waals surface area contributed by atoms with Crippen molar-refractivity contribution in [2.45, 2.75) is 39.4 Å². The molecule has 0 aliphatic heterocycles. The SMILES string of the molecule is CC(C)CN(C)C(=O)CCN(C)C(=O)O[C@@H](Cc1ccccc1)C(=O)OCc1ccccc1. The van der Waals surface area contributed by atoms with E-state index in [-0.39, 0.29) is 31.9 Å². The van der Waals surface area contributed by atoms with E-state index < -0.39 is 18.2 Å². The number of hydrogen-bond acceptors (Lipinski definition) is 5. The summed E-state index contributed by atoms with van der Waals surface area (Å²) in [5, 5.41) is 0. The van der Waals surface area contributed by atoms with Crippen LogP contribution in [0.4, 0.5) is 4.79 Å². The first-order valence-corrected chi connectivity index (χ1v) is 11.2. The fourth-order valence-corrected chi connectivity index (χ4v) is 3.23. The molecular weight excluding hydrogens is 420 g/mol. The maximum atomic E-state index is 12.8. The van der Waals surface area contributed by atoms with Crippen molar-refractivity contribution < 1.29 is 23.9 Å². The van der Waals surface area contributed by atoms with Crippen LogP contribution in [0.15, 0.2) is 60.7 Å². The van der Waals surface area contributed by atoms with E-state index in [0.717, 1.165) is 11.1 Å². The molecule has 2 amide bonds. The third kappa shape index (κ3) is 9.35. The molecule has 0 bridgehead atoms. The van der Waals surface area contributed by atoms with Crippen molar-refractivity contribution in [2.75, 3.05) is 27.2 Å². The highest BCUT2D eigenvalue weighted by Gasteiger charge is 2.27. The second-order valence-corrected chi connectivity index (χ2v) is 8.50. The number of amides is 2. The number of esters is 1. The minimum Gasteiger partial charge on any atom is -0.458 e. The summed E-state index contributed by atoms with van der Waals surface area (Å²) < 4.78 is 10.9. The lowest BCUT2D eigenvalue weighted by molar-refractivity contribution is -0.155. The smallest absolute Gasteiger partial charge is 0.410 e. The molecule has 7 nitrogen and oxygen atoms in total. The summed E-state index contributed by atoms with van der Waals surface area (Å²) >= 11 is 0. The Kier molecular flexibility index (Phi) is 10.4. The number of benzene rings is 2. The molecule has 0 aliphatic rings. The van der Waals surface area contributed by atoms with Gasteiger partial charge in [-0.05, 0) is 17.0 Å². The van der Waals surface area contributed by atoms with E-state index in [9.17, 15) is 14.4 Å². The Hall–Kier alpha value is -3.35. The highest BCUT2D eigenvalue weighted by Crippen LogP contribution is 2.12. The van der Waals surface area contributed by atoms with Gasteiger partial charge in [-0.2, -0.15) is 0 Å². The molecule has 0 heterocycles. The lowest BCUT2D eigenvalue weighted by Crippen LogP contribution is -2.39. The molecule has 2 aromatic rings. The van der Waals surface area contributed by atoms with Crippen LogP contribution in [0.2, 0.25) is 0 Å². The summed E-state index contributed by atoms with van der Waals surface area (Å²) in [6, 6.07) is 18.6. The Morgan fingerprint density at radius 1 is 0.848 bits per heavy atom. The van der Waals surface area contributed by atoms with Crippen LogP contribution in [0, 0.1) is 5.92 Å². The van der Waals surface area contributed by atoms with Gasteiger partial charge < -0.3 is 19.3 Å². The molecule has 0 unspecified atom stereocenters. The van der Waals surface area contributed by atoms with Crippen LogP contribution in [0.1, 0.15) is 31.4 Å². The third-order valence-electron chi connectivity index (χ3n) is 5.03. The first kappa shape index (κ1) is 25.9. The fourth-order valence-electron chi connectivity index (χ4n) is 3.23. The molecule has 2 aromatic carbocycles. The predicted molar refractivity (Wildman–Crippen MR) is 126 cm³/mol. The van der Waals surface area contributed by atoms with Gasteiger partial charge in [-0.25, -0.2) is 9.59 Å². The highest BCUT2D eigenvalue weighted by molar-refractivity contribution is 5.80. The summed E-state index contributed by atoms with van der Waals surface area (Å²) in [4.78, 5) is 40.6. The van der Waals surface area contributed by atoms with E-state index >= 15 is 0 Å². The van der Waals surface area contributed by atoms with Gasteiger partial charge in [0.25, 0.3) is 0 Å². The monoisotopic (exact) mass is 454 g/mol. The standard InChI is InChI=1S/C26H34N2O5/c1-20(2)18-28(4)24(29)15-16-27(3)26(31)33-23(17-21-11-7-5-8-12-21)25(30)32-19-22-13-9-6-10-14-22/h5-14,20,23H,15-19H2,1-4H3/t23-/m0/s1. The van der Waals surface area contributed by atoms with Crippen LogP contribution in [-0.2, 0) is 32.1 Å². The molecule has 0 saturated carbocycles. The molecule has 0 fully saturated rings. The van der Waals surface area contributed by atoms with Crippen LogP contribution in [-0.4, -0.2) is 61.1 Å². The van der Waals surface area contributed by atoms with Crippen molar-refractivity contribution in [1.29, 1.82) is 0 Å². The summed E-state index contributed by atoms with van der Waals surface area (Å²) in [6.07, 6.45) is -1.39. The van der Waals surface area contributed by atoms with Gasteiger partial charge in [0, 0.05) is 40.0 Å². The van der Waals surface area contributed by atoms with Crippen LogP contribution < -0.4 is 0 Å². The first-order chi connectivity index (χ1) is 15.8. The van der Waals surface area contributed by atoms with Crippen LogP contribution in [0.5, 0.6) is 0 Å². The quantitative estimate of drug-likeness (QED) is 0.481. The van der Waals surface area contributed by atoms with Crippen molar-refractivity contribution in [2.24, 2.45) is 5.92 Å². The Morgan fingerprint density at radius 2 is 1.42 bits per heavy atom. The average molecular weight is 455 g/mol. The number of carbonyl (C=O) groups excluding carboxylic acids is 3. The second kappa shape index (κ2) is 13.3. The topological polar surface area (TPSA) is 76.2 Å². The van der Waals surface area contributed by atoms with E-state index in [0.29, 0.717) is 12.5 Å². The first-order valence-electron chi connectivity index (χ1n) is 11.2. The molecule has 7 heteroatoms. The average Bonchev–Trinajstić information content (AvgIpc) is 2.81. The van der Waals surface area contributed by atoms with Gasteiger partial charge in [-0.15, -0.1) is 0 Å². The van der Waals surface area contributed by atoms with E-state index in [2.05, 4.69) is 0 Å². The predicted octanol–water partition coefficient (Wildman–Crippen LogP) is 3.91. The number of ether oxygens (including phenoxy) is 2. The number of carbonyl (C=O) groups is 3. The lowest BCUT2D eigenvalue weighted by Gasteiger charge is -2.23. The molecule has 0 aliphatic carbocycles. The Labute approximate surface area is 196 Å². The molecule has 178 valence electrons. The van der Waals surface area contributed by atoms with Gasteiger partial charge in [0.2, 0.25) is 12.0 Å². The number of hydrogen-bond donors (Lipinski definition) is 0. The molecule has 0 saturated heterocycles. The van der Waals surface area contributed by atoms with E-state index in [1.807, 2.05) is 74.5 Å². The van der Waals surface area contributed by atoms with E-state index in [1.165, 1.54) is 4.90 Å². The zero-order chi connectivity index (χ0) is 24.2. The van der Waals surface area contributed by atoms with Gasteiger partial charge in [-0.1, -0.05) is 74.5 Å². The molecule has 0 aromatic heterocycles. The lowest BCUT2D eigenvalue weighted by atomic mass is 10.1. The van der Waals surface area contributed by atoms with Crippen LogP contribution in [0.3, 0.4) is 0 Å². The van der Waals surface area contributed by atoms with Gasteiger partial charge in [0.05, 0.1) is 0 Å². The van der Waals surface area contributed by atoms with E-state index in [4.69, 9.17) is 9.47 Å². The maximum Gasteiger partial charge on any atom is 0.410 e. The Balaban J connectivity index is 1.96. The van der Waals surface area contributed by atoms with Crippen LogP contribution >= 0.6 is 0 Å². The summed E-state index contributed by atoms with van der Waals surface area (Å²) in [5.74, 6) is -0.300. The van der Waals surface area contributed by atoms with Gasteiger partial charge in [0.15, 0.2) is 0 Å². The largest absolute Gasteiger partial charge is 0.458 e. The molecule has 1 atom stereocenters. The van der Waals surface area contributed by atoms with Gasteiger partial charge in [0.1, 0.15) is 6.61 Å². The number of rotatable bonds is 11. The summed E-state index contributed by atoms with van der Waals surface area (Å²) in [5.41, 5.74) is 1.69. The fraction of sp³-hybridized carbons (Fsp3) is 0.423. The van der Waals surface area contributed by atoms with Crippen molar-refractivity contribution in [1.82, 2.24) is 9.80 Å². The van der Waals surface area contributed by atoms with Crippen molar-refractivity contribution >= 4 is 18.0 Å². The molecule has 0 N–H and O–H groups in total. The molecule has 0 spiro atoms. The van der Waals surface area contributed by atoms with Crippen molar-refractivity contribution in [3.63, 3.8) is 0 Å². The third-order valence-corrected chi connectivity index (χ3v) is 5.03. The van der Waals surface area contributed by atoms with Gasteiger partial charge in [-0.3, -0.25) is 4.79 Å². The summed E-state index contributed by atoms with van der Waals surface area (Å²) in [6.45, 7) is 5.01. The molecule has 33 heavy (non-hydrogen) atoms. The van der Waals surface area contributed by atoms with E-state index in [1.54, 1.807) is 19.0 Å². The minimum absolute atomic E-state index is 0.0496. The maximum absolute atomic E-state index is 12.8. The Morgan fingerprint density at radius 3 is 2.00 bits per heavy atom. The number of nitrogens with zero attached hydrogens (tertiary/aromatic N) is 2. The highest BCUT2D eigenvalue weighted by atomic mass is 16.6.